The van der Waals surface area contributed by atoms with Gasteiger partial charge in [0, 0.05) is 37.5 Å². The van der Waals surface area contributed by atoms with Gasteiger partial charge in [0.25, 0.3) is 0 Å². The number of benzene rings is 1. The van der Waals surface area contributed by atoms with Crippen LogP contribution in [-0.2, 0) is 40.1 Å². The Morgan fingerprint density at radius 3 is 2.19 bits per heavy atom. The van der Waals surface area contributed by atoms with E-state index >= 15 is 0 Å². The number of esters is 1. The fraction of sp³-hybridized carbons (Fsp3) is 0.606. The van der Waals surface area contributed by atoms with E-state index in [-0.39, 0.29) is 56.1 Å². The van der Waals surface area contributed by atoms with E-state index in [2.05, 4.69) is 16.0 Å². The summed E-state index contributed by atoms with van der Waals surface area (Å²) >= 11 is 1.34. The molecular weight excluding hydrogens is 640 g/mol. The number of carbonyl (C=O) groups is 7. The minimum Gasteiger partial charge on any atom is -0.461 e. The standard InChI is InChI=1S/C33H50N6O8S/c1-18(2)28(38-30(43)24(16-34)39-27(41)15-26(31(39)44)48-20(5)6)25(40)14-22(8-7-13-36-33(35)46)29(42)37-23-11-9-21(10-12-23)17-47-32(45)19(3)4/h9-12,18-20,22,24,26,28H,7-8,13-17,34H2,1-6H3,(H,37,42)(H,38,43)(H3,35,36,46)/t22-,24?,26?,28+/m1/s1. The van der Waals surface area contributed by atoms with Crippen LogP contribution in [0.4, 0.5) is 10.5 Å². The van der Waals surface area contributed by atoms with Gasteiger partial charge in [-0.15, -0.1) is 11.8 Å². The van der Waals surface area contributed by atoms with Crippen molar-refractivity contribution in [3.05, 3.63) is 29.8 Å². The summed E-state index contributed by atoms with van der Waals surface area (Å²) in [5, 5.41) is 7.45. The third kappa shape index (κ3) is 12.2. The highest BCUT2D eigenvalue weighted by Gasteiger charge is 2.45. The molecular formula is C33H50N6O8S. The average Bonchev–Trinajstić information content (AvgIpc) is 3.27. The van der Waals surface area contributed by atoms with Gasteiger partial charge in [-0.25, -0.2) is 4.79 Å². The summed E-state index contributed by atoms with van der Waals surface area (Å²) in [6, 6.07) is 3.68. The Labute approximate surface area is 286 Å². The van der Waals surface area contributed by atoms with Gasteiger partial charge in [0.1, 0.15) is 12.6 Å². The average molecular weight is 691 g/mol. The Morgan fingerprint density at radius 2 is 1.65 bits per heavy atom. The van der Waals surface area contributed by atoms with Crippen molar-refractivity contribution in [3.8, 4) is 0 Å². The van der Waals surface area contributed by atoms with Crippen molar-refractivity contribution in [2.24, 2.45) is 29.2 Å². The van der Waals surface area contributed by atoms with Gasteiger partial charge in [-0.3, -0.25) is 33.7 Å². The predicted octanol–water partition coefficient (Wildman–Crippen LogP) is 2.09. The Bertz CT molecular complexity index is 1320. The zero-order chi connectivity index (χ0) is 36.1. The van der Waals surface area contributed by atoms with Crippen LogP contribution in [-0.4, -0.2) is 82.0 Å². The number of nitrogens with two attached hydrogens (primary N) is 2. The summed E-state index contributed by atoms with van der Waals surface area (Å²) < 4.78 is 5.24. The van der Waals surface area contributed by atoms with Crippen LogP contribution in [0.3, 0.4) is 0 Å². The quantitative estimate of drug-likeness (QED) is 0.0808. The summed E-state index contributed by atoms with van der Waals surface area (Å²) in [5.41, 5.74) is 12.2. The Morgan fingerprint density at radius 1 is 1.00 bits per heavy atom. The van der Waals surface area contributed by atoms with Crippen LogP contribution in [0, 0.1) is 17.8 Å². The minimum absolute atomic E-state index is 0.0340. The molecule has 266 valence electrons. The van der Waals surface area contributed by atoms with Crippen LogP contribution in [0.2, 0.25) is 0 Å². The molecule has 6 amide bonds. The van der Waals surface area contributed by atoms with Crippen molar-refractivity contribution in [2.45, 2.75) is 96.4 Å². The van der Waals surface area contributed by atoms with Crippen LogP contribution in [0.25, 0.3) is 0 Å². The van der Waals surface area contributed by atoms with Crippen molar-refractivity contribution in [1.82, 2.24) is 15.5 Å². The molecule has 1 aromatic rings. The third-order valence-electron chi connectivity index (χ3n) is 7.65. The summed E-state index contributed by atoms with van der Waals surface area (Å²) in [6.45, 7) is 10.7. The number of amides is 6. The van der Waals surface area contributed by atoms with Gasteiger partial charge in [-0.2, -0.15) is 0 Å². The highest BCUT2D eigenvalue weighted by Crippen LogP contribution is 2.29. The topological polar surface area (TPSA) is 220 Å². The summed E-state index contributed by atoms with van der Waals surface area (Å²) in [7, 11) is 0. The normalized spacial score (nSPS) is 16.5. The van der Waals surface area contributed by atoms with Crippen molar-refractivity contribution < 1.29 is 38.3 Å². The molecule has 2 rings (SSSR count). The number of primary amides is 1. The summed E-state index contributed by atoms with van der Waals surface area (Å²) in [5.74, 6) is -4.40. The predicted molar refractivity (Wildman–Crippen MR) is 182 cm³/mol. The molecule has 0 aliphatic carbocycles. The number of rotatable bonds is 19. The molecule has 14 nitrogen and oxygen atoms in total. The molecule has 0 bridgehead atoms. The first-order chi connectivity index (χ1) is 22.5. The Kier molecular flexibility index (Phi) is 16.0. The largest absolute Gasteiger partial charge is 0.461 e. The number of carbonyl (C=O) groups excluding carboxylic acids is 7. The van der Waals surface area contributed by atoms with Gasteiger partial charge in [0.2, 0.25) is 23.6 Å². The van der Waals surface area contributed by atoms with Crippen molar-refractivity contribution in [2.75, 3.05) is 18.4 Å². The molecule has 15 heteroatoms. The number of likely N-dealkylation sites (tertiary alicyclic amines) is 1. The first-order valence-electron chi connectivity index (χ1n) is 16.2. The van der Waals surface area contributed by atoms with Gasteiger partial charge < -0.3 is 32.2 Å². The van der Waals surface area contributed by atoms with Crippen molar-refractivity contribution in [3.63, 3.8) is 0 Å². The lowest BCUT2D eigenvalue weighted by Gasteiger charge is -2.29. The number of imide groups is 1. The van der Waals surface area contributed by atoms with Crippen molar-refractivity contribution >= 4 is 58.9 Å². The minimum atomic E-state index is -1.28. The SMILES string of the molecule is CC(C)SC1CC(=O)N(C(CN)C(=O)N[C@H](C(=O)C[C@@H](CCCNC(N)=O)C(=O)Nc2ccc(COC(=O)C(C)C)cc2)C(C)C)C1=O. The first kappa shape index (κ1) is 40.2. The highest BCUT2D eigenvalue weighted by molar-refractivity contribution is 8.01. The highest BCUT2D eigenvalue weighted by atomic mass is 32.2. The van der Waals surface area contributed by atoms with E-state index in [0.717, 1.165) is 10.5 Å². The maximum atomic E-state index is 13.7. The van der Waals surface area contributed by atoms with E-state index < -0.39 is 64.6 Å². The van der Waals surface area contributed by atoms with Gasteiger partial charge in [0.15, 0.2) is 5.78 Å². The number of ketones is 1. The van der Waals surface area contributed by atoms with E-state index in [1.54, 1.807) is 52.0 Å². The van der Waals surface area contributed by atoms with E-state index in [0.29, 0.717) is 12.1 Å². The van der Waals surface area contributed by atoms with E-state index in [4.69, 9.17) is 16.2 Å². The number of ether oxygens (including phenoxy) is 1. The number of hydrogen-bond acceptors (Lipinski definition) is 10. The summed E-state index contributed by atoms with van der Waals surface area (Å²) in [4.78, 5) is 90.2. The molecule has 1 heterocycles. The second-order valence-electron chi connectivity index (χ2n) is 12.7. The van der Waals surface area contributed by atoms with Crippen molar-refractivity contribution in [1.29, 1.82) is 0 Å². The molecule has 1 aliphatic rings. The fourth-order valence-electron chi connectivity index (χ4n) is 5.09. The zero-order valence-corrected chi connectivity index (χ0v) is 29.4. The molecule has 1 aliphatic heterocycles. The molecule has 0 saturated carbocycles. The third-order valence-corrected chi connectivity index (χ3v) is 8.89. The smallest absolute Gasteiger partial charge is 0.312 e. The van der Waals surface area contributed by atoms with Gasteiger partial charge in [-0.1, -0.05) is 53.7 Å². The number of thioether (sulfide) groups is 1. The second kappa shape index (κ2) is 19.1. The number of anilines is 1. The number of urea groups is 1. The Hall–Kier alpha value is -3.98. The molecule has 2 unspecified atom stereocenters. The lowest BCUT2D eigenvalue weighted by molar-refractivity contribution is -0.148. The van der Waals surface area contributed by atoms with Gasteiger partial charge >= 0.3 is 12.0 Å². The monoisotopic (exact) mass is 690 g/mol. The van der Waals surface area contributed by atoms with Gasteiger partial charge in [0.05, 0.1) is 17.2 Å². The van der Waals surface area contributed by atoms with E-state index in [9.17, 15) is 33.6 Å². The molecule has 0 aromatic heterocycles. The van der Waals surface area contributed by atoms with Crippen LogP contribution >= 0.6 is 11.8 Å². The zero-order valence-electron chi connectivity index (χ0n) is 28.6. The molecule has 1 fully saturated rings. The molecule has 4 atom stereocenters. The van der Waals surface area contributed by atoms with Gasteiger partial charge in [-0.05, 0) is 41.7 Å². The number of Topliss-reactive ketones (excluding diaryl/α,β-unsaturated/α-hetero) is 1. The molecule has 7 N–H and O–H groups in total. The maximum Gasteiger partial charge on any atom is 0.312 e. The second-order valence-corrected chi connectivity index (χ2v) is 14.5. The maximum absolute atomic E-state index is 13.7. The molecule has 1 aromatic carbocycles. The number of nitrogens with zero attached hydrogens (tertiary/aromatic N) is 1. The lowest BCUT2D eigenvalue weighted by atomic mass is 9.89. The van der Waals surface area contributed by atoms with E-state index in [1.807, 2.05) is 13.8 Å². The van der Waals surface area contributed by atoms with Crippen LogP contribution < -0.4 is 27.4 Å². The number of nitrogens with one attached hydrogen (secondary N) is 3. The van der Waals surface area contributed by atoms with Crippen LogP contribution in [0.5, 0.6) is 0 Å². The summed E-state index contributed by atoms with van der Waals surface area (Å²) in [6.07, 6.45) is 0.290. The Balaban J connectivity index is 2.17. The fourth-order valence-corrected chi connectivity index (χ4v) is 6.21. The molecule has 0 radical (unpaired) electrons. The lowest BCUT2D eigenvalue weighted by Crippen LogP contribution is -2.57. The first-order valence-corrected chi connectivity index (χ1v) is 17.1. The molecule has 48 heavy (non-hydrogen) atoms. The number of hydrogen-bond donors (Lipinski definition) is 5. The van der Waals surface area contributed by atoms with Crippen LogP contribution in [0.15, 0.2) is 24.3 Å². The van der Waals surface area contributed by atoms with Crippen LogP contribution in [0.1, 0.15) is 72.8 Å². The van der Waals surface area contributed by atoms with E-state index in [1.165, 1.54) is 11.8 Å². The molecule has 0 spiro atoms. The molecule has 1 saturated heterocycles.